The Hall–Kier alpha value is -2.84. The molecule has 4 aromatic rings. The zero-order chi connectivity index (χ0) is 20.7. The molecule has 30 heavy (non-hydrogen) atoms. The minimum absolute atomic E-state index is 0.209. The standard InChI is InChI=1S/C22H20F2N4OS/c23-15-2-1-3-19-21(15)14(22(29)27-17-6-7-25-9-16(17)24)11-28(19)10-13-4-5-18-20(8-13)30-12-26-18/h1-5,8,11-12,16-17,25H,6-7,9-10H2,(H,27,29)/t16-,17+/m1/s1. The molecule has 2 aromatic carbocycles. The van der Waals surface area contributed by atoms with E-state index in [0.29, 0.717) is 25.0 Å². The summed E-state index contributed by atoms with van der Waals surface area (Å²) in [5, 5.41) is 5.99. The molecular weight excluding hydrogens is 406 g/mol. The summed E-state index contributed by atoms with van der Waals surface area (Å²) in [6.45, 7) is 1.34. The van der Waals surface area contributed by atoms with Gasteiger partial charge in [0.15, 0.2) is 0 Å². The first-order valence-electron chi connectivity index (χ1n) is 9.85. The van der Waals surface area contributed by atoms with Gasteiger partial charge < -0.3 is 15.2 Å². The van der Waals surface area contributed by atoms with Crippen LogP contribution in [0.2, 0.25) is 0 Å². The number of fused-ring (bicyclic) bond motifs is 2. The Morgan fingerprint density at radius 2 is 2.23 bits per heavy atom. The number of carbonyl (C=O) groups excluding carboxylic acids is 1. The van der Waals surface area contributed by atoms with E-state index in [1.807, 2.05) is 16.7 Å². The molecule has 0 unspecified atom stereocenters. The van der Waals surface area contributed by atoms with Crippen molar-refractivity contribution in [3.8, 4) is 0 Å². The van der Waals surface area contributed by atoms with Crippen LogP contribution in [0.15, 0.2) is 48.1 Å². The molecular formula is C22H20F2N4OS. The van der Waals surface area contributed by atoms with Gasteiger partial charge in [0.1, 0.15) is 12.0 Å². The quantitative estimate of drug-likeness (QED) is 0.521. The molecule has 5 rings (SSSR count). The molecule has 0 aliphatic carbocycles. The second-order valence-electron chi connectivity index (χ2n) is 7.55. The molecule has 1 saturated heterocycles. The summed E-state index contributed by atoms with van der Waals surface area (Å²) in [6, 6.07) is 10.2. The maximum atomic E-state index is 14.7. The molecule has 2 N–H and O–H groups in total. The Labute approximate surface area is 175 Å². The van der Waals surface area contributed by atoms with E-state index in [4.69, 9.17) is 0 Å². The van der Waals surface area contributed by atoms with E-state index in [1.165, 1.54) is 6.07 Å². The highest BCUT2D eigenvalue weighted by molar-refractivity contribution is 7.16. The van der Waals surface area contributed by atoms with Crippen molar-refractivity contribution in [2.75, 3.05) is 13.1 Å². The number of rotatable bonds is 4. The van der Waals surface area contributed by atoms with Gasteiger partial charge in [0, 0.05) is 24.7 Å². The number of aromatic nitrogens is 2. The van der Waals surface area contributed by atoms with Crippen molar-refractivity contribution >= 4 is 38.4 Å². The van der Waals surface area contributed by atoms with Crippen LogP contribution in [0.25, 0.3) is 21.1 Å². The SMILES string of the molecule is O=C(N[C@H]1CCNC[C@H]1F)c1cn(Cc2ccc3ncsc3c2)c2cccc(F)c12. The molecule has 2 aromatic heterocycles. The van der Waals surface area contributed by atoms with Gasteiger partial charge in [0.2, 0.25) is 0 Å². The molecule has 0 saturated carbocycles. The van der Waals surface area contributed by atoms with E-state index in [-0.39, 0.29) is 17.5 Å². The molecule has 3 heterocycles. The predicted octanol–water partition coefficient (Wildman–Crippen LogP) is 3.87. The minimum atomic E-state index is -1.16. The van der Waals surface area contributed by atoms with Gasteiger partial charge in [-0.3, -0.25) is 4.79 Å². The maximum Gasteiger partial charge on any atom is 0.253 e. The first-order valence-corrected chi connectivity index (χ1v) is 10.7. The fraction of sp³-hybridized carbons (Fsp3) is 0.273. The zero-order valence-corrected chi connectivity index (χ0v) is 16.9. The lowest BCUT2D eigenvalue weighted by Gasteiger charge is -2.27. The molecule has 1 aliphatic heterocycles. The maximum absolute atomic E-state index is 14.7. The smallest absolute Gasteiger partial charge is 0.253 e. The molecule has 1 fully saturated rings. The largest absolute Gasteiger partial charge is 0.346 e. The summed E-state index contributed by atoms with van der Waals surface area (Å²) < 4.78 is 31.8. The highest BCUT2D eigenvalue weighted by Gasteiger charge is 2.28. The third kappa shape index (κ3) is 3.46. The van der Waals surface area contributed by atoms with Crippen LogP contribution in [0.1, 0.15) is 22.3 Å². The van der Waals surface area contributed by atoms with Gasteiger partial charge in [-0.2, -0.15) is 0 Å². The number of halogens is 2. The van der Waals surface area contributed by atoms with Gasteiger partial charge in [-0.05, 0) is 42.8 Å². The number of nitrogens with one attached hydrogen (secondary N) is 2. The van der Waals surface area contributed by atoms with E-state index in [1.54, 1.807) is 35.2 Å². The van der Waals surface area contributed by atoms with Gasteiger partial charge >= 0.3 is 0 Å². The van der Waals surface area contributed by atoms with Gasteiger partial charge in [0.05, 0.1) is 32.8 Å². The lowest BCUT2D eigenvalue weighted by atomic mass is 10.0. The Bertz CT molecular complexity index is 1230. The second-order valence-corrected chi connectivity index (χ2v) is 8.43. The normalized spacial score (nSPS) is 19.4. The summed E-state index contributed by atoms with van der Waals surface area (Å²) in [5.74, 6) is -0.910. The Kier molecular flexibility index (Phi) is 4.96. The number of hydrogen-bond acceptors (Lipinski definition) is 4. The Morgan fingerprint density at radius 3 is 3.10 bits per heavy atom. The molecule has 0 spiro atoms. The van der Waals surface area contributed by atoms with E-state index >= 15 is 0 Å². The number of hydrogen-bond donors (Lipinski definition) is 2. The van der Waals surface area contributed by atoms with Gasteiger partial charge in [-0.25, -0.2) is 13.8 Å². The van der Waals surface area contributed by atoms with Crippen LogP contribution in [0.5, 0.6) is 0 Å². The summed E-state index contributed by atoms with van der Waals surface area (Å²) >= 11 is 1.56. The van der Waals surface area contributed by atoms with Crippen molar-refractivity contribution in [3.63, 3.8) is 0 Å². The highest BCUT2D eigenvalue weighted by Crippen LogP contribution is 2.27. The number of carbonyl (C=O) groups is 1. The summed E-state index contributed by atoms with van der Waals surface area (Å²) in [7, 11) is 0. The summed E-state index contributed by atoms with van der Waals surface area (Å²) in [4.78, 5) is 17.2. The lowest BCUT2D eigenvalue weighted by molar-refractivity contribution is 0.0893. The second kappa shape index (κ2) is 7.77. The molecule has 0 bridgehead atoms. The molecule has 1 amide bonds. The van der Waals surface area contributed by atoms with Crippen molar-refractivity contribution in [2.45, 2.75) is 25.2 Å². The number of amides is 1. The van der Waals surface area contributed by atoms with E-state index in [0.717, 1.165) is 15.8 Å². The number of thiazole rings is 1. The summed E-state index contributed by atoms with van der Waals surface area (Å²) in [6.07, 6.45) is 1.00. The highest BCUT2D eigenvalue weighted by atomic mass is 32.1. The van der Waals surface area contributed by atoms with Crippen molar-refractivity contribution in [2.24, 2.45) is 0 Å². The van der Waals surface area contributed by atoms with E-state index < -0.39 is 23.9 Å². The van der Waals surface area contributed by atoms with Crippen LogP contribution in [-0.2, 0) is 6.54 Å². The van der Waals surface area contributed by atoms with Crippen molar-refractivity contribution in [3.05, 3.63) is 65.0 Å². The fourth-order valence-electron chi connectivity index (χ4n) is 4.04. The Morgan fingerprint density at radius 1 is 1.33 bits per heavy atom. The van der Waals surface area contributed by atoms with Crippen LogP contribution in [0.3, 0.4) is 0 Å². The van der Waals surface area contributed by atoms with Crippen LogP contribution in [-0.4, -0.2) is 40.8 Å². The number of nitrogens with zero attached hydrogens (tertiary/aromatic N) is 2. The van der Waals surface area contributed by atoms with Crippen LogP contribution in [0.4, 0.5) is 8.78 Å². The van der Waals surface area contributed by atoms with E-state index in [9.17, 15) is 13.6 Å². The average Bonchev–Trinajstić information content (AvgIpc) is 3.35. The Balaban J connectivity index is 1.50. The van der Waals surface area contributed by atoms with Crippen molar-refractivity contribution in [1.82, 2.24) is 20.2 Å². The lowest BCUT2D eigenvalue weighted by Crippen LogP contribution is -2.50. The third-order valence-corrected chi connectivity index (χ3v) is 6.36. The topological polar surface area (TPSA) is 59.0 Å². The predicted molar refractivity (Wildman–Crippen MR) is 114 cm³/mol. The average molecular weight is 426 g/mol. The number of piperidine rings is 1. The van der Waals surface area contributed by atoms with Crippen LogP contribution in [0, 0.1) is 5.82 Å². The van der Waals surface area contributed by atoms with Crippen molar-refractivity contribution < 1.29 is 13.6 Å². The molecule has 2 atom stereocenters. The molecule has 154 valence electrons. The monoisotopic (exact) mass is 426 g/mol. The van der Waals surface area contributed by atoms with E-state index in [2.05, 4.69) is 21.7 Å². The zero-order valence-electron chi connectivity index (χ0n) is 16.1. The first-order chi connectivity index (χ1) is 14.6. The first kappa shape index (κ1) is 19.1. The molecule has 1 aliphatic rings. The number of alkyl halides is 1. The van der Waals surface area contributed by atoms with Gasteiger partial charge in [-0.1, -0.05) is 12.1 Å². The molecule has 8 heteroatoms. The number of benzene rings is 2. The van der Waals surface area contributed by atoms with Gasteiger partial charge in [-0.15, -0.1) is 11.3 Å². The van der Waals surface area contributed by atoms with Crippen LogP contribution >= 0.6 is 11.3 Å². The van der Waals surface area contributed by atoms with Gasteiger partial charge in [0.25, 0.3) is 5.91 Å². The molecule has 0 radical (unpaired) electrons. The fourth-order valence-corrected chi connectivity index (χ4v) is 4.78. The summed E-state index contributed by atoms with van der Waals surface area (Å²) in [5.41, 5.74) is 4.63. The molecule has 5 nitrogen and oxygen atoms in total. The minimum Gasteiger partial charge on any atom is -0.346 e. The van der Waals surface area contributed by atoms with Crippen molar-refractivity contribution in [1.29, 1.82) is 0 Å². The van der Waals surface area contributed by atoms with Crippen LogP contribution < -0.4 is 10.6 Å². The third-order valence-electron chi connectivity index (χ3n) is 5.57.